The zero-order chi connectivity index (χ0) is 21.6. The summed E-state index contributed by atoms with van der Waals surface area (Å²) in [6.07, 6.45) is 3.03. The van der Waals surface area contributed by atoms with Gasteiger partial charge in [0, 0.05) is 18.0 Å². The van der Waals surface area contributed by atoms with Gasteiger partial charge >= 0.3 is 11.9 Å². The number of thioether (sulfide) groups is 1. The molecule has 0 amide bonds. The summed E-state index contributed by atoms with van der Waals surface area (Å²) in [5.41, 5.74) is 0.588. The largest absolute Gasteiger partial charge is 0.465 e. The average molecular weight is 446 g/mol. The summed E-state index contributed by atoms with van der Waals surface area (Å²) >= 11 is 6.27. The van der Waals surface area contributed by atoms with Gasteiger partial charge in [0.1, 0.15) is 4.99 Å². The monoisotopic (exact) mass is 445 g/mol. The maximum atomic E-state index is 13.2. The lowest BCUT2D eigenvalue weighted by molar-refractivity contribution is -0.165. The van der Waals surface area contributed by atoms with Crippen LogP contribution in [0.3, 0.4) is 0 Å². The van der Waals surface area contributed by atoms with Gasteiger partial charge in [-0.1, -0.05) is 30.4 Å². The van der Waals surface area contributed by atoms with Gasteiger partial charge in [0.25, 0.3) is 4.93 Å². The van der Waals surface area contributed by atoms with Gasteiger partial charge in [-0.25, -0.2) is 19.8 Å². The Labute approximate surface area is 183 Å². The van der Waals surface area contributed by atoms with Crippen LogP contribution in [-0.4, -0.2) is 50.9 Å². The molecular weight excluding hydrogens is 426 g/mol. The number of nitrogens with zero attached hydrogens (tertiary/aromatic N) is 3. The third-order valence-electron chi connectivity index (χ3n) is 3.98. The molecule has 2 heterocycles. The summed E-state index contributed by atoms with van der Waals surface area (Å²) in [4.78, 5) is 36.7. The summed E-state index contributed by atoms with van der Waals surface area (Å²) in [6.45, 7) is 3.48. The van der Waals surface area contributed by atoms with Crippen LogP contribution in [0.2, 0.25) is 0 Å². The van der Waals surface area contributed by atoms with Crippen molar-refractivity contribution >= 4 is 46.8 Å². The number of benzene rings is 1. The first-order valence-electron chi connectivity index (χ1n) is 9.18. The number of esters is 2. The molecule has 0 N–H and O–H groups in total. The Kier molecular flexibility index (Phi) is 7.11. The number of carbonyl (C=O) groups is 2. The van der Waals surface area contributed by atoms with Gasteiger partial charge in [0.05, 0.1) is 13.2 Å². The molecule has 0 unspecified atom stereocenters. The minimum atomic E-state index is -1.94. The molecular formula is C20H19N3O5S2. The fraction of sp³-hybridized carbons (Fsp3) is 0.300. The van der Waals surface area contributed by atoms with Crippen LogP contribution in [0.1, 0.15) is 19.4 Å². The highest BCUT2D eigenvalue weighted by molar-refractivity contribution is 8.01. The lowest BCUT2D eigenvalue weighted by Gasteiger charge is -2.38. The Balaban J connectivity index is 2.16. The molecule has 156 valence electrons. The number of hydrogen-bond donors (Lipinski definition) is 0. The predicted octanol–water partition coefficient (Wildman–Crippen LogP) is 2.81. The van der Waals surface area contributed by atoms with Crippen LogP contribution in [0.25, 0.3) is 0 Å². The number of aliphatic imine (C=N–C) groups is 1. The van der Waals surface area contributed by atoms with E-state index >= 15 is 0 Å². The number of ether oxygens (including phenoxy) is 3. The molecule has 3 rings (SSSR count). The van der Waals surface area contributed by atoms with Crippen molar-refractivity contribution in [3.63, 3.8) is 0 Å². The summed E-state index contributed by atoms with van der Waals surface area (Å²) < 4.78 is 16.6. The van der Waals surface area contributed by atoms with E-state index in [4.69, 9.17) is 26.4 Å². The number of rotatable bonds is 7. The first-order chi connectivity index (χ1) is 14.5. The van der Waals surface area contributed by atoms with Gasteiger partial charge in [-0.2, -0.15) is 0 Å². The molecule has 1 aliphatic heterocycles. The minimum absolute atomic E-state index is 0.0463. The summed E-state index contributed by atoms with van der Waals surface area (Å²) in [5, 5.41) is 0.206. The molecule has 0 spiro atoms. The van der Waals surface area contributed by atoms with Crippen LogP contribution in [0, 0.1) is 5.92 Å². The number of carbonyl (C=O) groups excluding carboxylic acids is 2. The van der Waals surface area contributed by atoms with E-state index in [-0.39, 0.29) is 29.3 Å². The zero-order valence-corrected chi connectivity index (χ0v) is 17.9. The summed E-state index contributed by atoms with van der Waals surface area (Å²) in [5.74, 6) is -2.77. The highest BCUT2D eigenvalue weighted by atomic mass is 32.2. The fourth-order valence-corrected chi connectivity index (χ4v) is 4.23. The normalized spacial score (nSPS) is 20.7. The molecule has 0 aliphatic carbocycles. The molecule has 1 aromatic carbocycles. The zero-order valence-electron chi connectivity index (χ0n) is 16.3. The lowest BCUT2D eigenvalue weighted by atomic mass is 9.99. The molecule has 10 heteroatoms. The average Bonchev–Trinajstić information content (AvgIpc) is 2.75. The maximum Gasteiger partial charge on any atom is 0.363 e. The Morgan fingerprint density at radius 1 is 1.10 bits per heavy atom. The van der Waals surface area contributed by atoms with Crippen molar-refractivity contribution < 1.29 is 23.8 Å². The van der Waals surface area contributed by atoms with Crippen LogP contribution in [-0.2, 0) is 23.8 Å². The molecule has 1 aliphatic rings. The first kappa shape index (κ1) is 21.8. The van der Waals surface area contributed by atoms with Crippen molar-refractivity contribution in [2.75, 3.05) is 13.2 Å². The highest BCUT2D eigenvalue weighted by Crippen LogP contribution is 2.44. The van der Waals surface area contributed by atoms with E-state index in [9.17, 15) is 9.59 Å². The Morgan fingerprint density at radius 2 is 1.77 bits per heavy atom. The predicted molar refractivity (Wildman–Crippen MR) is 114 cm³/mol. The van der Waals surface area contributed by atoms with Crippen LogP contribution in [0.5, 0.6) is 0 Å². The van der Waals surface area contributed by atoms with E-state index < -0.39 is 22.8 Å². The Morgan fingerprint density at radius 3 is 2.40 bits per heavy atom. The Bertz CT molecular complexity index is 955. The molecule has 2 atom stereocenters. The minimum Gasteiger partial charge on any atom is -0.465 e. The maximum absolute atomic E-state index is 13.2. The van der Waals surface area contributed by atoms with E-state index in [2.05, 4.69) is 15.0 Å². The SMILES string of the molecule is CCOC(=O)[C@@H]1C(=S)N=C(c2ccccc2)O[C@]1(Sc1ncccn1)C(=O)OCC. The molecule has 2 aromatic rings. The quantitative estimate of drug-likeness (QED) is 0.362. The van der Waals surface area contributed by atoms with Crippen LogP contribution < -0.4 is 0 Å². The van der Waals surface area contributed by atoms with Crippen molar-refractivity contribution in [3.05, 3.63) is 54.4 Å². The van der Waals surface area contributed by atoms with Gasteiger partial charge in [-0.15, -0.1) is 0 Å². The second-order valence-electron chi connectivity index (χ2n) is 5.93. The van der Waals surface area contributed by atoms with E-state index in [1.165, 1.54) is 12.4 Å². The molecule has 0 radical (unpaired) electrons. The van der Waals surface area contributed by atoms with E-state index in [0.29, 0.717) is 5.56 Å². The smallest absolute Gasteiger partial charge is 0.363 e. The second-order valence-corrected chi connectivity index (χ2v) is 7.52. The van der Waals surface area contributed by atoms with Crippen LogP contribution >= 0.6 is 24.0 Å². The van der Waals surface area contributed by atoms with Gasteiger partial charge in [-0.05, 0) is 43.8 Å². The van der Waals surface area contributed by atoms with E-state index in [1.54, 1.807) is 44.2 Å². The van der Waals surface area contributed by atoms with Gasteiger partial charge < -0.3 is 14.2 Å². The Hall–Kier alpha value is -2.85. The van der Waals surface area contributed by atoms with E-state index in [1.807, 2.05) is 6.07 Å². The lowest BCUT2D eigenvalue weighted by Crippen LogP contribution is -2.56. The topological polar surface area (TPSA) is 100.0 Å². The van der Waals surface area contributed by atoms with Gasteiger partial charge in [0.2, 0.25) is 5.90 Å². The number of hydrogen-bond acceptors (Lipinski definition) is 9. The van der Waals surface area contributed by atoms with Crippen molar-refractivity contribution in [3.8, 4) is 0 Å². The third kappa shape index (κ3) is 4.49. The van der Waals surface area contributed by atoms with Crippen molar-refractivity contribution in [1.82, 2.24) is 9.97 Å². The molecule has 0 fully saturated rings. The molecule has 0 bridgehead atoms. The third-order valence-corrected chi connectivity index (χ3v) is 5.48. The number of aromatic nitrogens is 2. The van der Waals surface area contributed by atoms with Crippen LogP contribution in [0.4, 0.5) is 0 Å². The van der Waals surface area contributed by atoms with Gasteiger partial charge in [0.15, 0.2) is 11.1 Å². The highest BCUT2D eigenvalue weighted by Gasteiger charge is 2.60. The van der Waals surface area contributed by atoms with E-state index in [0.717, 1.165) is 11.8 Å². The second kappa shape index (κ2) is 9.77. The standard InChI is InChI=1S/C20H19N3O5S2/c1-3-26-17(24)14-16(29)23-15(13-9-6-5-7-10-13)28-20(14,18(25)27-4-2)30-19-21-11-8-12-22-19/h5-12,14H,3-4H2,1-2H3/t14-,20+/m0/s1. The molecule has 0 saturated heterocycles. The van der Waals surface area contributed by atoms with Gasteiger partial charge in [-0.3, -0.25) is 4.79 Å². The summed E-state index contributed by atoms with van der Waals surface area (Å²) in [7, 11) is 0. The molecule has 0 saturated carbocycles. The molecule has 30 heavy (non-hydrogen) atoms. The fourth-order valence-electron chi connectivity index (χ4n) is 2.72. The molecule has 1 aromatic heterocycles. The van der Waals surface area contributed by atoms with Crippen molar-refractivity contribution in [1.29, 1.82) is 0 Å². The van der Waals surface area contributed by atoms with Crippen LogP contribution in [0.15, 0.2) is 58.9 Å². The number of thiocarbonyl (C=S) groups is 1. The first-order valence-corrected chi connectivity index (χ1v) is 10.4. The molecule has 8 nitrogen and oxygen atoms in total. The summed E-state index contributed by atoms with van der Waals surface area (Å²) in [6, 6.07) is 10.6. The van der Waals surface area contributed by atoms with Crippen molar-refractivity contribution in [2.45, 2.75) is 23.9 Å². The van der Waals surface area contributed by atoms with Crippen molar-refractivity contribution in [2.24, 2.45) is 10.9 Å².